The van der Waals surface area contributed by atoms with Crippen molar-refractivity contribution in [3.8, 4) is 0 Å². The average Bonchev–Trinajstić information content (AvgIpc) is 2.75. The van der Waals surface area contributed by atoms with E-state index in [2.05, 4.69) is 30.8 Å². The summed E-state index contributed by atoms with van der Waals surface area (Å²) in [4.78, 5) is 21.3. The van der Waals surface area contributed by atoms with Crippen LogP contribution in [-0.4, -0.2) is 21.4 Å². The third-order valence-electron chi connectivity index (χ3n) is 3.27. The molecule has 0 aliphatic carbocycles. The molecule has 19 heavy (non-hydrogen) atoms. The van der Waals surface area contributed by atoms with Crippen LogP contribution < -0.4 is 5.56 Å². The highest BCUT2D eigenvalue weighted by atomic mass is 79.9. The Morgan fingerprint density at radius 3 is 3.11 bits per heavy atom. The standard InChI is InChI=1S/C13H14BrN3O2/c1-8-15-11-4-5-17(7-10(11)13(18)16-8)6-9-2-3-12(14)19-9/h2-3H,4-7H2,1H3,(H,15,16,18). The first-order chi connectivity index (χ1) is 9.11. The highest BCUT2D eigenvalue weighted by molar-refractivity contribution is 9.10. The zero-order valence-corrected chi connectivity index (χ0v) is 12.2. The Kier molecular flexibility index (Phi) is 3.28. The highest BCUT2D eigenvalue weighted by Crippen LogP contribution is 2.19. The number of fused-ring (bicyclic) bond motifs is 1. The largest absolute Gasteiger partial charge is 0.453 e. The number of rotatable bonds is 2. The van der Waals surface area contributed by atoms with Crippen LogP contribution in [0.25, 0.3) is 0 Å². The predicted octanol–water partition coefficient (Wildman–Crippen LogP) is 1.99. The van der Waals surface area contributed by atoms with Crippen LogP contribution in [-0.2, 0) is 19.5 Å². The van der Waals surface area contributed by atoms with Gasteiger partial charge in [-0.15, -0.1) is 0 Å². The second kappa shape index (κ2) is 4.94. The van der Waals surface area contributed by atoms with Crippen molar-refractivity contribution in [3.63, 3.8) is 0 Å². The topological polar surface area (TPSA) is 62.1 Å². The Morgan fingerprint density at radius 1 is 1.53 bits per heavy atom. The van der Waals surface area contributed by atoms with Crippen LogP contribution in [0.2, 0.25) is 0 Å². The van der Waals surface area contributed by atoms with Crippen LogP contribution in [0.3, 0.4) is 0 Å². The van der Waals surface area contributed by atoms with Gasteiger partial charge in [0.2, 0.25) is 0 Å². The molecular formula is C13H14BrN3O2. The fraction of sp³-hybridized carbons (Fsp3) is 0.385. The van der Waals surface area contributed by atoms with E-state index in [0.29, 0.717) is 18.9 Å². The van der Waals surface area contributed by atoms with Gasteiger partial charge in [0.1, 0.15) is 11.6 Å². The van der Waals surface area contributed by atoms with Crippen molar-refractivity contribution in [1.82, 2.24) is 14.9 Å². The van der Waals surface area contributed by atoms with Gasteiger partial charge in [0, 0.05) is 19.5 Å². The predicted molar refractivity (Wildman–Crippen MR) is 73.8 cm³/mol. The lowest BCUT2D eigenvalue weighted by molar-refractivity contribution is 0.221. The van der Waals surface area contributed by atoms with E-state index >= 15 is 0 Å². The Morgan fingerprint density at radius 2 is 2.37 bits per heavy atom. The lowest BCUT2D eigenvalue weighted by Gasteiger charge is -2.26. The monoisotopic (exact) mass is 323 g/mol. The Balaban J connectivity index is 1.80. The Labute approximate surface area is 118 Å². The molecule has 2 aromatic heterocycles. The van der Waals surface area contributed by atoms with Crippen molar-refractivity contribution in [1.29, 1.82) is 0 Å². The Hall–Kier alpha value is -1.40. The van der Waals surface area contributed by atoms with Crippen molar-refractivity contribution in [2.24, 2.45) is 0 Å². The zero-order chi connectivity index (χ0) is 13.4. The van der Waals surface area contributed by atoms with Gasteiger partial charge in [-0.25, -0.2) is 4.98 Å². The molecule has 100 valence electrons. The molecule has 0 unspecified atom stereocenters. The van der Waals surface area contributed by atoms with Crippen molar-refractivity contribution in [2.45, 2.75) is 26.4 Å². The summed E-state index contributed by atoms with van der Waals surface area (Å²) in [6.07, 6.45) is 0.808. The number of aromatic amines is 1. The molecule has 0 radical (unpaired) electrons. The number of hydrogen-bond donors (Lipinski definition) is 1. The number of halogens is 1. The molecule has 0 bridgehead atoms. The molecule has 0 spiro atoms. The van der Waals surface area contributed by atoms with E-state index < -0.39 is 0 Å². The molecule has 0 atom stereocenters. The normalized spacial score (nSPS) is 15.5. The summed E-state index contributed by atoms with van der Waals surface area (Å²) in [6, 6.07) is 3.82. The minimum Gasteiger partial charge on any atom is -0.453 e. The van der Waals surface area contributed by atoms with Gasteiger partial charge < -0.3 is 9.40 Å². The van der Waals surface area contributed by atoms with Crippen LogP contribution in [0, 0.1) is 6.92 Å². The van der Waals surface area contributed by atoms with Crippen molar-refractivity contribution in [3.05, 3.63) is 50.0 Å². The average molecular weight is 324 g/mol. The molecule has 6 heteroatoms. The second-order valence-electron chi connectivity index (χ2n) is 4.74. The molecular weight excluding hydrogens is 310 g/mol. The van der Waals surface area contributed by atoms with Crippen LogP contribution >= 0.6 is 15.9 Å². The van der Waals surface area contributed by atoms with Gasteiger partial charge in [-0.2, -0.15) is 0 Å². The van der Waals surface area contributed by atoms with Crippen LogP contribution in [0.5, 0.6) is 0 Å². The minimum atomic E-state index is -0.0205. The molecule has 1 N–H and O–H groups in total. The maximum Gasteiger partial charge on any atom is 0.255 e. The number of hydrogen-bond acceptors (Lipinski definition) is 4. The fourth-order valence-corrected chi connectivity index (χ4v) is 2.74. The number of H-pyrrole nitrogens is 1. The first-order valence-corrected chi connectivity index (χ1v) is 6.96. The molecule has 3 rings (SSSR count). The first-order valence-electron chi connectivity index (χ1n) is 6.17. The minimum absolute atomic E-state index is 0.0205. The molecule has 1 aliphatic rings. The van der Waals surface area contributed by atoms with E-state index in [4.69, 9.17) is 4.42 Å². The number of aromatic nitrogens is 2. The number of furan rings is 1. The van der Waals surface area contributed by atoms with E-state index in [1.165, 1.54) is 0 Å². The van der Waals surface area contributed by atoms with E-state index in [-0.39, 0.29) is 5.56 Å². The molecule has 0 saturated heterocycles. The van der Waals surface area contributed by atoms with Gasteiger partial charge in [0.25, 0.3) is 5.56 Å². The maximum absolute atomic E-state index is 11.9. The summed E-state index contributed by atoms with van der Waals surface area (Å²) in [5.74, 6) is 1.58. The summed E-state index contributed by atoms with van der Waals surface area (Å²) in [5.41, 5.74) is 1.69. The van der Waals surface area contributed by atoms with E-state index in [9.17, 15) is 4.79 Å². The maximum atomic E-state index is 11.9. The number of nitrogens with one attached hydrogen (secondary N) is 1. The molecule has 3 heterocycles. The van der Waals surface area contributed by atoms with Crippen molar-refractivity contribution in [2.75, 3.05) is 6.54 Å². The van der Waals surface area contributed by atoms with Crippen molar-refractivity contribution < 1.29 is 4.42 Å². The van der Waals surface area contributed by atoms with Gasteiger partial charge in [-0.3, -0.25) is 9.69 Å². The van der Waals surface area contributed by atoms with E-state index in [1.807, 2.05) is 19.1 Å². The van der Waals surface area contributed by atoms with Crippen LogP contribution in [0.15, 0.2) is 26.0 Å². The fourth-order valence-electron chi connectivity index (χ4n) is 2.40. The number of nitrogens with zero attached hydrogens (tertiary/aromatic N) is 2. The quantitative estimate of drug-likeness (QED) is 0.918. The molecule has 2 aromatic rings. The first kappa shape index (κ1) is 12.6. The van der Waals surface area contributed by atoms with E-state index in [1.54, 1.807) is 0 Å². The number of aryl methyl sites for hydroxylation is 1. The van der Waals surface area contributed by atoms with Crippen molar-refractivity contribution >= 4 is 15.9 Å². The summed E-state index contributed by atoms with van der Waals surface area (Å²) in [5, 5.41) is 0. The summed E-state index contributed by atoms with van der Waals surface area (Å²) < 4.78 is 6.23. The molecule has 0 aromatic carbocycles. The molecule has 5 nitrogen and oxygen atoms in total. The van der Waals surface area contributed by atoms with Gasteiger partial charge in [0.05, 0.1) is 17.8 Å². The second-order valence-corrected chi connectivity index (χ2v) is 5.52. The molecule has 0 amide bonds. The van der Waals surface area contributed by atoms with Gasteiger partial charge in [-0.1, -0.05) is 0 Å². The summed E-state index contributed by atoms with van der Waals surface area (Å²) in [7, 11) is 0. The van der Waals surface area contributed by atoms with Gasteiger partial charge in [-0.05, 0) is 35.0 Å². The third-order valence-corrected chi connectivity index (χ3v) is 3.70. The molecule has 1 aliphatic heterocycles. The molecule has 0 fully saturated rings. The SMILES string of the molecule is Cc1nc2c(c(=O)[nH]1)CN(Cc1ccc(Br)o1)CC2. The summed E-state index contributed by atoms with van der Waals surface area (Å²) >= 11 is 3.29. The lowest BCUT2D eigenvalue weighted by Crippen LogP contribution is -2.35. The zero-order valence-electron chi connectivity index (χ0n) is 10.6. The Bertz CT molecular complexity index is 662. The lowest BCUT2D eigenvalue weighted by atomic mass is 10.1. The van der Waals surface area contributed by atoms with E-state index in [0.717, 1.165) is 34.7 Å². The highest BCUT2D eigenvalue weighted by Gasteiger charge is 2.21. The smallest absolute Gasteiger partial charge is 0.255 e. The van der Waals surface area contributed by atoms with Gasteiger partial charge in [0.15, 0.2) is 4.67 Å². The molecule has 0 saturated carbocycles. The van der Waals surface area contributed by atoms with Crippen LogP contribution in [0.4, 0.5) is 0 Å². The van der Waals surface area contributed by atoms with Gasteiger partial charge >= 0.3 is 0 Å². The third kappa shape index (κ3) is 2.64. The summed E-state index contributed by atoms with van der Waals surface area (Å²) in [6.45, 7) is 4.03. The van der Waals surface area contributed by atoms with Crippen LogP contribution in [0.1, 0.15) is 22.8 Å².